The highest BCUT2D eigenvalue weighted by molar-refractivity contribution is 5.83. The summed E-state index contributed by atoms with van der Waals surface area (Å²) in [4.78, 5) is 14.1. The molecule has 86 valence electrons. The average Bonchev–Trinajstić information content (AvgIpc) is 2.32. The molecule has 0 aliphatic rings. The van der Waals surface area contributed by atoms with Crippen LogP contribution < -0.4 is 11.5 Å². The molecule has 0 aliphatic heterocycles. The zero-order valence-electron chi connectivity index (χ0n) is 8.83. The molecular formula is C11H10N4O2. The first-order valence-corrected chi connectivity index (χ1v) is 4.83. The molecule has 0 fully saturated rings. The predicted octanol–water partition coefficient (Wildman–Crippen LogP) is 1.82. The number of nitrogens with two attached hydrogens (primary N) is 2. The van der Waals surface area contributed by atoms with Gasteiger partial charge in [0, 0.05) is 23.1 Å². The maximum absolute atomic E-state index is 10.9. The quantitative estimate of drug-likeness (QED) is 0.464. The van der Waals surface area contributed by atoms with Crippen LogP contribution in [-0.4, -0.2) is 9.91 Å². The molecule has 4 N–H and O–H groups in total. The van der Waals surface area contributed by atoms with Gasteiger partial charge in [0.2, 0.25) is 0 Å². The second-order valence-corrected chi connectivity index (χ2v) is 3.50. The minimum atomic E-state index is -0.495. The highest BCUT2D eigenvalue weighted by atomic mass is 16.6. The Balaban J connectivity index is 2.68. The molecule has 17 heavy (non-hydrogen) atoms. The lowest BCUT2D eigenvalue weighted by atomic mass is 10.0. The van der Waals surface area contributed by atoms with Gasteiger partial charge in [-0.15, -0.1) is 0 Å². The number of nitrogens with zero attached hydrogens (tertiary/aromatic N) is 2. The summed E-state index contributed by atoms with van der Waals surface area (Å²) in [6, 6.07) is 6.42. The van der Waals surface area contributed by atoms with Gasteiger partial charge in [0.1, 0.15) is 6.20 Å². The molecule has 6 heteroatoms. The molecule has 0 amide bonds. The zero-order chi connectivity index (χ0) is 12.4. The number of nitro groups is 1. The number of hydrogen-bond donors (Lipinski definition) is 2. The lowest BCUT2D eigenvalue weighted by molar-refractivity contribution is -0.384. The van der Waals surface area contributed by atoms with Gasteiger partial charge in [-0.25, -0.2) is 0 Å². The van der Waals surface area contributed by atoms with E-state index in [0.29, 0.717) is 22.5 Å². The second-order valence-electron chi connectivity index (χ2n) is 3.50. The van der Waals surface area contributed by atoms with E-state index in [-0.39, 0.29) is 5.69 Å². The predicted molar refractivity (Wildman–Crippen MR) is 65.2 cm³/mol. The van der Waals surface area contributed by atoms with Gasteiger partial charge < -0.3 is 11.5 Å². The summed E-state index contributed by atoms with van der Waals surface area (Å²) in [5, 5.41) is 10.9. The second kappa shape index (κ2) is 4.09. The molecule has 0 aliphatic carbocycles. The van der Waals surface area contributed by atoms with E-state index in [9.17, 15) is 10.1 Å². The van der Waals surface area contributed by atoms with Crippen LogP contribution in [0.2, 0.25) is 0 Å². The first kappa shape index (κ1) is 10.9. The fourth-order valence-electron chi connectivity index (χ4n) is 1.57. The van der Waals surface area contributed by atoms with Gasteiger partial charge in [-0.2, -0.15) is 0 Å². The number of anilines is 2. The third-order valence-electron chi connectivity index (χ3n) is 2.36. The maximum Gasteiger partial charge on any atom is 0.295 e. The number of nitrogen functional groups attached to an aromatic ring is 2. The summed E-state index contributed by atoms with van der Waals surface area (Å²) in [5.41, 5.74) is 13.2. The fraction of sp³-hybridized carbons (Fsp3) is 0. The van der Waals surface area contributed by atoms with Crippen molar-refractivity contribution in [3.8, 4) is 11.1 Å². The van der Waals surface area contributed by atoms with Crippen LogP contribution in [0.25, 0.3) is 11.1 Å². The molecule has 0 bridgehead atoms. The lowest BCUT2D eigenvalue weighted by Crippen LogP contribution is -1.97. The van der Waals surface area contributed by atoms with Crippen molar-refractivity contribution >= 4 is 17.1 Å². The third kappa shape index (κ3) is 2.00. The van der Waals surface area contributed by atoms with Crippen molar-refractivity contribution in [3.63, 3.8) is 0 Å². The molecule has 0 saturated heterocycles. The SMILES string of the molecule is Nc1ccc(N)c(-c2ccncc2[N+](=O)[O-])c1. The summed E-state index contributed by atoms with van der Waals surface area (Å²) in [6.07, 6.45) is 2.67. The third-order valence-corrected chi connectivity index (χ3v) is 2.36. The zero-order valence-corrected chi connectivity index (χ0v) is 8.83. The first-order valence-electron chi connectivity index (χ1n) is 4.83. The molecule has 1 aromatic carbocycles. The average molecular weight is 230 g/mol. The summed E-state index contributed by atoms with van der Waals surface area (Å²) >= 11 is 0. The number of aromatic nitrogens is 1. The number of rotatable bonds is 2. The maximum atomic E-state index is 10.9. The summed E-state index contributed by atoms with van der Waals surface area (Å²) in [6.45, 7) is 0. The minimum absolute atomic E-state index is 0.0928. The van der Waals surface area contributed by atoms with E-state index in [4.69, 9.17) is 11.5 Å². The van der Waals surface area contributed by atoms with Crippen LogP contribution in [0.1, 0.15) is 0 Å². The van der Waals surface area contributed by atoms with Gasteiger partial charge >= 0.3 is 0 Å². The van der Waals surface area contributed by atoms with E-state index in [2.05, 4.69) is 4.98 Å². The molecule has 1 heterocycles. The topological polar surface area (TPSA) is 108 Å². The van der Waals surface area contributed by atoms with Crippen LogP contribution in [0.5, 0.6) is 0 Å². The van der Waals surface area contributed by atoms with E-state index < -0.39 is 4.92 Å². The van der Waals surface area contributed by atoms with Crippen molar-refractivity contribution in [1.29, 1.82) is 0 Å². The Labute approximate surface area is 97.0 Å². The molecule has 6 nitrogen and oxygen atoms in total. The Kier molecular flexibility index (Phi) is 2.61. The van der Waals surface area contributed by atoms with E-state index >= 15 is 0 Å². The molecule has 0 unspecified atom stereocenters. The molecule has 2 aromatic rings. The van der Waals surface area contributed by atoms with Crippen LogP contribution in [0.3, 0.4) is 0 Å². The van der Waals surface area contributed by atoms with Crippen molar-refractivity contribution in [2.75, 3.05) is 11.5 Å². The Morgan fingerprint density at radius 2 is 1.94 bits per heavy atom. The molecule has 2 rings (SSSR count). The van der Waals surface area contributed by atoms with Crippen LogP contribution in [-0.2, 0) is 0 Å². The smallest absolute Gasteiger partial charge is 0.295 e. The number of pyridine rings is 1. The normalized spacial score (nSPS) is 10.1. The van der Waals surface area contributed by atoms with Crippen LogP contribution in [0, 0.1) is 10.1 Å². The first-order chi connectivity index (χ1) is 8.09. The highest BCUT2D eigenvalue weighted by Gasteiger charge is 2.16. The van der Waals surface area contributed by atoms with Crippen molar-refractivity contribution < 1.29 is 4.92 Å². The highest BCUT2D eigenvalue weighted by Crippen LogP contribution is 2.33. The number of benzene rings is 1. The Bertz CT molecular complexity index is 583. The van der Waals surface area contributed by atoms with Gasteiger partial charge in [-0.05, 0) is 24.3 Å². The van der Waals surface area contributed by atoms with Gasteiger partial charge in [0.15, 0.2) is 0 Å². The summed E-state index contributed by atoms with van der Waals surface area (Å²) < 4.78 is 0. The molecule has 0 atom stereocenters. The minimum Gasteiger partial charge on any atom is -0.399 e. The largest absolute Gasteiger partial charge is 0.399 e. The van der Waals surface area contributed by atoms with E-state index in [1.807, 2.05) is 0 Å². The molecule has 0 saturated carbocycles. The number of hydrogen-bond acceptors (Lipinski definition) is 5. The van der Waals surface area contributed by atoms with Crippen molar-refractivity contribution in [2.45, 2.75) is 0 Å². The fourth-order valence-corrected chi connectivity index (χ4v) is 1.57. The van der Waals surface area contributed by atoms with E-state index in [1.165, 1.54) is 12.4 Å². The Hall–Kier alpha value is -2.63. The molecule has 1 aromatic heterocycles. The van der Waals surface area contributed by atoms with Crippen molar-refractivity contribution in [2.24, 2.45) is 0 Å². The van der Waals surface area contributed by atoms with Crippen molar-refractivity contribution in [1.82, 2.24) is 4.98 Å². The van der Waals surface area contributed by atoms with Crippen LogP contribution >= 0.6 is 0 Å². The van der Waals surface area contributed by atoms with E-state index in [1.54, 1.807) is 24.3 Å². The Morgan fingerprint density at radius 3 is 2.65 bits per heavy atom. The van der Waals surface area contributed by atoms with Gasteiger partial charge in [-0.1, -0.05) is 0 Å². The van der Waals surface area contributed by atoms with Gasteiger partial charge in [0.25, 0.3) is 5.69 Å². The van der Waals surface area contributed by atoms with Crippen molar-refractivity contribution in [3.05, 3.63) is 46.8 Å². The van der Waals surface area contributed by atoms with Crippen LogP contribution in [0.15, 0.2) is 36.7 Å². The monoisotopic (exact) mass is 230 g/mol. The molecule has 0 spiro atoms. The lowest BCUT2D eigenvalue weighted by Gasteiger charge is -2.07. The Morgan fingerprint density at radius 1 is 1.18 bits per heavy atom. The summed E-state index contributed by atoms with van der Waals surface area (Å²) in [5.74, 6) is 0. The van der Waals surface area contributed by atoms with Gasteiger partial charge in [-0.3, -0.25) is 15.1 Å². The summed E-state index contributed by atoms with van der Waals surface area (Å²) in [7, 11) is 0. The molecular weight excluding hydrogens is 220 g/mol. The van der Waals surface area contributed by atoms with E-state index in [0.717, 1.165) is 0 Å². The van der Waals surface area contributed by atoms with Gasteiger partial charge in [0.05, 0.1) is 10.5 Å². The standard InChI is InChI=1S/C11H10N4O2/c12-7-1-2-10(13)9(5-7)8-3-4-14-6-11(8)15(16)17/h1-6H,12-13H2. The van der Waals surface area contributed by atoms with Crippen LogP contribution in [0.4, 0.5) is 17.1 Å². The molecule has 0 radical (unpaired) electrons.